The number of hydrogen-bond acceptors (Lipinski definition) is 5. The molecule has 1 heterocycles. The highest BCUT2D eigenvalue weighted by Gasteiger charge is 2.21. The molecule has 0 aliphatic heterocycles. The zero-order chi connectivity index (χ0) is 17.9. The Morgan fingerprint density at radius 1 is 1.25 bits per heavy atom. The highest BCUT2D eigenvalue weighted by Crippen LogP contribution is 2.25. The minimum Gasteiger partial charge on any atom is -0.481 e. The molecule has 24 heavy (non-hydrogen) atoms. The standard InChI is InChI=1S/C15H17BrN2O4S2/c1-9-5-4-6-12(10(9)2)22-11(3)15(19)17-18-24(20,21)14-8-7-13(16)23-14/h4-8,11,18H,1-3H3,(H,17,19)/t11-/m0/s1. The quantitative estimate of drug-likeness (QED) is 0.687. The fraction of sp³-hybridized carbons (Fsp3) is 0.267. The van der Waals surface area contributed by atoms with Gasteiger partial charge >= 0.3 is 0 Å². The number of rotatable bonds is 6. The van der Waals surface area contributed by atoms with Gasteiger partial charge in [0.25, 0.3) is 15.9 Å². The van der Waals surface area contributed by atoms with Crippen molar-refractivity contribution in [2.75, 3.05) is 0 Å². The zero-order valence-electron chi connectivity index (χ0n) is 13.3. The summed E-state index contributed by atoms with van der Waals surface area (Å²) in [4.78, 5) is 14.1. The van der Waals surface area contributed by atoms with E-state index in [1.165, 1.54) is 6.07 Å². The van der Waals surface area contributed by atoms with Crippen LogP contribution in [-0.2, 0) is 14.8 Å². The molecule has 0 saturated carbocycles. The van der Waals surface area contributed by atoms with Gasteiger partial charge in [0.15, 0.2) is 6.10 Å². The van der Waals surface area contributed by atoms with Gasteiger partial charge in [-0.25, -0.2) is 8.42 Å². The molecule has 0 bridgehead atoms. The van der Waals surface area contributed by atoms with E-state index >= 15 is 0 Å². The lowest BCUT2D eigenvalue weighted by Crippen LogP contribution is -2.46. The summed E-state index contributed by atoms with van der Waals surface area (Å²) in [5.74, 6) is -0.00204. The number of carbonyl (C=O) groups excluding carboxylic acids is 1. The largest absolute Gasteiger partial charge is 0.481 e. The van der Waals surface area contributed by atoms with Crippen molar-refractivity contribution in [2.24, 2.45) is 0 Å². The molecular weight excluding hydrogens is 416 g/mol. The summed E-state index contributed by atoms with van der Waals surface area (Å²) in [7, 11) is -3.80. The molecule has 0 fully saturated rings. The van der Waals surface area contributed by atoms with Crippen LogP contribution in [0.2, 0.25) is 0 Å². The molecule has 0 aliphatic carbocycles. The number of amides is 1. The maximum absolute atomic E-state index is 12.1. The van der Waals surface area contributed by atoms with Gasteiger partial charge < -0.3 is 4.74 Å². The van der Waals surface area contributed by atoms with E-state index in [1.807, 2.05) is 26.0 Å². The van der Waals surface area contributed by atoms with Crippen LogP contribution < -0.4 is 15.0 Å². The van der Waals surface area contributed by atoms with Gasteiger partial charge in [0.05, 0.1) is 3.79 Å². The maximum Gasteiger partial charge on any atom is 0.275 e. The van der Waals surface area contributed by atoms with E-state index in [4.69, 9.17) is 4.74 Å². The topological polar surface area (TPSA) is 84.5 Å². The van der Waals surface area contributed by atoms with Crippen molar-refractivity contribution in [3.63, 3.8) is 0 Å². The molecule has 9 heteroatoms. The molecule has 2 N–H and O–H groups in total. The van der Waals surface area contributed by atoms with E-state index in [1.54, 1.807) is 19.1 Å². The van der Waals surface area contributed by atoms with Crippen LogP contribution in [0.25, 0.3) is 0 Å². The van der Waals surface area contributed by atoms with E-state index in [9.17, 15) is 13.2 Å². The molecule has 130 valence electrons. The molecule has 0 unspecified atom stereocenters. The molecule has 0 saturated heterocycles. The van der Waals surface area contributed by atoms with Gasteiger partial charge in [-0.05, 0) is 66.0 Å². The van der Waals surface area contributed by atoms with Crippen LogP contribution in [0, 0.1) is 13.8 Å². The van der Waals surface area contributed by atoms with Crippen molar-refractivity contribution in [3.05, 3.63) is 45.2 Å². The van der Waals surface area contributed by atoms with E-state index in [2.05, 4.69) is 26.2 Å². The van der Waals surface area contributed by atoms with Gasteiger partial charge in [0.2, 0.25) is 0 Å². The summed E-state index contributed by atoms with van der Waals surface area (Å²) in [5, 5.41) is 0. The number of halogens is 1. The summed E-state index contributed by atoms with van der Waals surface area (Å²) in [6.45, 7) is 5.39. The normalized spacial score (nSPS) is 12.7. The fourth-order valence-corrected chi connectivity index (χ4v) is 4.66. The van der Waals surface area contributed by atoms with Gasteiger partial charge in [-0.3, -0.25) is 10.2 Å². The predicted molar refractivity (Wildman–Crippen MR) is 96.5 cm³/mol. The second kappa shape index (κ2) is 7.64. The monoisotopic (exact) mass is 432 g/mol. The lowest BCUT2D eigenvalue weighted by atomic mass is 10.1. The van der Waals surface area contributed by atoms with Crippen LogP contribution in [0.4, 0.5) is 0 Å². The Labute approximate surface area is 153 Å². The van der Waals surface area contributed by atoms with Crippen molar-refractivity contribution in [3.8, 4) is 5.75 Å². The molecule has 2 aromatic rings. The summed E-state index contributed by atoms with van der Waals surface area (Å²) in [5.41, 5.74) is 4.15. The predicted octanol–water partition coefficient (Wildman–Crippen LogP) is 2.90. The zero-order valence-corrected chi connectivity index (χ0v) is 16.5. The van der Waals surface area contributed by atoms with Gasteiger partial charge in [0, 0.05) is 0 Å². The molecule has 1 amide bonds. The molecule has 1 atom stereocenters. The number of aryl methyl sites for hydroxylation is 1. The Kier molecular flexibility index (Phi) is 6.02. The third-order valence-electron chi connectivity index (χ3n) is 3.35. The van der Waals surface area contributed by atoms with Crippen LogP contribution in [0.3, 0.4) is 0 Å². The Hall–Kier alpha value is -1.42. The van der Waals surface area contributed by atoms with Gasteiger partial charge in [-0.15, -0.1) is 16.2 Å². The van der Waals surface area contributed by atoms with E-state index in [0.717, 1.165) is 22.5 Å². The van der Waals surface area contributed by atoms with Crippen molar-refractivity contribution in [1.29, 1.82) is 0 Å². The van der Waals surface area contributed by atoms with Gasteiger partial charge in [-0.2, -0.15) is 0 Å². The Balaban J connectivity index is 1.98. The van der Waals surface area contributed by atoms with Crippen LogP contribution in [-0.4, -0.2) is 20.4 Å². The average molecular weight is 433 g/mol. The van der Waals surface area contributed by atoms with Crippen LogP contribution in [0.15, 0.2) is 38.3 Å². The summed E-state index contributed by atoms with van der Waals surface area (Å²) in [6.07, 6.45) is -0.858. The van der Waals surface area contributed by atoms with E-state index in [-0.39, 0.29) is 4.21 Å². The fourth-order valence-electron chi connectivity index (χ4n) is 1.81. The molecule has 1 aromatic carbocycles. The van der Waals surface area contributed by atoms with Crippen LogP contribution >= 0.6 is 27.3 Å². The smallest absolute Gasteiger partial charge is 0.275 e. The molecule has 0 aliphatic rings. The lowest BCUT2D eigenvalue weighted by Gasteiger charge is -2.17. The van der Waals surface area contributed by atoms with Crippen molar-refractivity contribution in [2.45, 2.75) is 31.1 Å². The first kappa shape index (κ1) is 18.9. The average Bonchev–Trinajstić information content (AvgIpc) is 2.97. The lowest BCUT2D eigenvalue weighted by molar-refractivity contribution is -0.127. The molecule has 0 radical (unpaired) electrons. The van der Waals surface area contributed by atoms with Gasteiger partial charge in [0.1, 0.15) is 9.96 Å². The van der Waals surface area contributed by atoms with E-state index in [0.29, 0.717) is 9.54 Å². The van der Waals surface area contributed by atoms with E-state index < -0.39 is 22.0 Å². The first-order chi connectivity index (χ1) is 11.2. The number of nitrogens with one attached hydrogen (secondary N) is 2. The van der Waals surface area contributed by atoms with Crippen molar-refractivity contribution in [1.82, 2.24) is 10.3 Å². The first-order valence-electron chi connectivity index (χ1n) is 7.00. The molecular formula is C15H17BrN2O4S2. The summed E-state index contributed by atoms with van der Waals surface area (Å²) in [6, 6.07) is 8.60. The highest BCUT2D eigenvalue weighted by molar-refractivity contribution is 9.11. The number of hydrogen-bond donors (Lipinski definition) is 2. The van der Waals surface area contributed by atoms with Crippen LogP contribution in [0.5, 0.6) is 5.75 Å². The number of ether oxygens (including phenoxy) is 1. The Morgan fingerprint density at radius 3 is 2.58 bits per heavy atom. The minimum absolute atomic E-state index is 0.0952. The summed E-state index contributed by atoms with van der Waals surface area (Å²) < 4.78 is 30.5. The third-order valence-corrected chi connectivity index (χ3v) is 6.71. The minimum atomic E-state index is -3.80. The molecule has 6 nitrogen and oxygen atoms in total. The number of sulfonamides is 1. The third kappa shape index (κ3) is 4.56. The number of thiophene rings is 1. The maximum atomic E-state index is 12.1. The highest BCUT2D eigenvalue weighted by atomic mass is 79.9. The first-order valence-corrected chi connectivity index (χ1v) is 10.1. The SMILES string of the molecule is Cc1cccc(O[C@@H](C)C(=O)NNS(=O)(=O)c2ccc(Br)s2)c1C. The van der Waals surface area contributed by atoms with Crippen molar-refractivity contribution >= 4 is 43.2 Å². The second-order valence-corrected chi connectivity index (χ2v) is 9.48. The Bertz CT molecular complexity index is 849. The van der Waals surface area contributed by atoms with Gasteiger partial charge in [-0.1, -0.05) is 12.1 Å². The second-order valence-electron chi connectivity index (χ2n) is 5.11. The number of benzene rings is 1. The Morgan fingerprint density at radius 2 is 1.96 bits per heavy atom. The van der Waals surface area contributed by atoms with Crippen molar-refractivity contribution < 1.29 is 17.9 Å². The van der Waals surface area contributed by atoms with Crippen LogP contribution in [0.1, 0.15) is 18.1 Å². The number of hydrazine groups is 1. The molecule has 2 rings (SSSR count). The molecule has 0 spiro atoms. The number of carbonyl (C=O) groups is 1. The summed E-state index contributed by atoms with van der Waals surface area (Å²) >= 11 is 4.24. The molecule has 1 aromatic heterocycles.